The molecule has 14 heavy (non-hydrogen) atoms. The highest BCUT2D eigenvalue weighted by Gasteiger charge is 2.03. The zero-order valence-electron chi connectivity index (χ0n) is 7.90. The molecule has 0 aromatic heterocycles. The fourth-order valence-electron chi connectivity index (χ4n) is 1.26. The maximum atomic E-state index is 5.49. The van der Waals surface area contributed by atoms with Gasteiger partial charge in [0.15, 0.2) is 6.73 Å². The molecule has 0 spiro atoms. The normalized spacial score (nSPS) is 14.4. The quantitative estimate of drug-likeness (QED) is 0.784. The predicted octanol–water partition coefficient (Wildman–Crippen LogP) is 1.62. The fraction of sp³-hybridized carbons (Fsp3) is 0.273. The molecule has 0 bridgehead atoms. The lowest BCUT2D eigenvalue weighted by Crippen LogP contribution is -2.12. The summed E-state index contributed by atoms with van der Waals surface area (Å²) in [7, 11) is 0. The monoisotopic (exact) mass is 191 g/mol. The van der Waals surface area contributed by atoms with Gasteiger partial charge in [-0.3, -0.25) is 0 Å². The number of hydrogen-bond donors (Lipinski definition) is 1. The first kappa shape index (κ1) is 9.09. The first-order valence-corrected chi connectivity index (χ1v) is 4.61. The topological polar surface area (TPSA) is 30.5 Å². The number of rotatable bonds is 4. The van der Waals surface area contributed by atoms with Gasteiger partial charge in [-0.05, 0) is 5.56 Å². The molecule has 0 saturated carbocycles. The van der Waals surface area contributed by atoms with Crippen molar-refractivity contribution in [1.29, 1.82) is 0 Å². The van der Waals surface area contributed by atoms with Crippen molar-refractivity contribution in [2.45, 2.75) is 6.61 Å². The van der Waals surface area contributed by atoms with E-state index in [0.29, 0.717) is 19.9 Å². The van der Waals surface area contributed by atoms with Gasteiger partial charge in [-0.15, -0.1) is 0 Å². The van der Waals surface area contributed by atoms with Crippen LogP contribution in [0.5, 0.6) is 0 Å². The minimum absolute atomic E-state index is 0.560. The minimum atomic E-state index is 0.560. The molecule has 3 heteroatoms. The average Bonchev–Trinajstić information content (AvgIpc) is 2.72. The van der Waals surface area contributed by atoms with Gasteiger partial charge in [0.05, 0.1) is 18.9 Å². The van der Waals surface area contributed by atoms with Crippen molar-refractivity contribution >= 4 is 0 Å². The third-order valence-corrected chi connectivity index (χ3v) is 1.98. The molecular formula is C11H13NO2. The molecule has 0 amide bonds. The van der Waals surface area contributed by atoms with E-state index < -0.39 is 0 Å². The molecule has 0 saturated heterocycles. The summed E-state index contributed by atoms with van der Waals surface area (Å²) in [5, 5.41) is 3.06. The summed E-state index contributed by atoms with van der Waals surface area (Å²) in [5.74, 6) is 0. The number of ether oxygens (including phenoxy) is 2. The number of benzene rings is 1. The summed E-state index contributed by atoms with van der Waals surface area (Å²) < 4.78 is 10.5. The Morgan fingerprint density at radius 1 is 1.21 bits per heavy atom. The predicted molar refractivity (Wildman–Crippen MR) is 53.3 cm³/mol. The van der Waals surface area contributed by atoms with E-state index in [9.17, 15) is 0 Å². The van der Waals surface area contributed by atoms with Crippen molar-refractivity contribution in [2.75, 3.05) is 13.3 Å². The Morgan fingerprint density at radius 3 is 2.79 bits per heavy atom. The lowest BCUT2D eigenvalue weighted by molar-refractivity contribution is 0.139. The Labute approximate surface area is 83.3 Å². The maximum Gasteiger partial charge on any atom is 0.158 e. The first-order valence-electron chi connectivity index (χ1n) is 4.61. The molecule has 74 valence electrons. The van der Waals surface area contributed by atoms with Crippen molar-refractivity contribution < 1.29 is 9.47 Å². The van der Waals surface area contributed by atoms with Gasteiger partial charge in [0.2, 0.25) is 0 Å². The molecule has 0 fully saturated rings. The number of nitrogens with one attached hydrogen (secondary N) is 1. The molecule has 1 aromatic carbocycles. The summed E-state index contributed by atoms with van der Waals surface area (Å²) in [6, 6.07) is 10.1. The van der Waals surface area contributed by atoms with Crippen LogP contribution >= 0.6 is 0 Å². The molecule has 1 aliphatic heterocycles. The highest BCUT2D eigenvalue weighted by atomic mass is 16.5. The van der Waals surface area contributed by atoms with Crippen molar-refractivity contribution in [1.82, 2.24) is 5.32 Å². The fourth-order valence-corrected chi connectivity index (χ4v) is 1.26. The Hall–Kier alpha value is -1.48. The van der Waals surface area contributed by atoms with Crippen LogP contribution in [0.4, 0.5) is 0 Å². The summed E-state index contributed by atoms with van der Waals surface area (Å²) in [5.41, 5.74) is 2.19. The van der Waals surface area contributed by atoms with Crippen molar-refractivity contribution in [3.8, 4) is 0 Å². The van der Waals surface area contributed by atoms with Crippen LogP contribution in [-0.4, -0.2) is 13.3 Å². The second-order valence-electron chi connectivity index (χ2n) is 3.11. The van der Waals surface area contributed by atoms with Crippen LogP contribution < -0.4 is 5.32 Å². The van der Waals surface area contributed by atoms with Gasteiger partial charge in [0.25, 0.3) is 0 Å². The van der Waals surface area contributed by atoms with Gasteiger partial charge in [-0.2, -0.15) is 0 Å². The summed E-state index contributed by atoms with van der Waals surface area (Å²) in [4.78, 5) is 0. The first-order chi connectivity index (χ1) is 6.95. The van der Waals surface area contributed by atoms with Crippen molar-refractivity contribution in [3.05, 3.63) is 47.9 Å². The lowest BCUT2D eigenvalue weighted by Gasteiger charge is -2.04. The van der Waals surface area contributed by atoms with Crippen LogP contribution in [-0.2, 0) is 16.1 Å². The zero-order chi connectivity index (χ0) is 9.64. The van der Waals surface area contributed by atoms with Gasteiger partial charge < -0.3 is 14.8 Å². The Balaban J connectivity index is 1.73. The largest absolute Gasteiger partial charge is 0.479 e. The molecule has 3 nitrogen and oxygen atoms in total. The third-order valence-electron chi connectivity index (χ3n) is 1.98. The van der Waals surface area contributed by atoms with Gasteiger partial charge in [0, 0.05) is 0 Å². The Morgan fingerprint density at radius 2 is 2.07 bits per heavy atom. The van der Waals surface area contributed by atoms with Gasteiger partial charge in [-0.25, -0.2) is 0 Å². The molecule has 1 aliphatic rings. The second kappa shape index (κ2) is 4.67. The molecule has 2 rings (SSSR count). The van der Waals surface area contributed by atoms with Gasteiger partial charge in [0.1, 0.15) is 6.26 Å². The molecule has 0 radical (unpaired) electrons. The number of hydrogen-bond acceptors (Lipinski definition) is 3. The Kier molecular flexibility index (Phi) is 3.03. The maximum absolute atomic E-state index is 5.49. The van der Waals surface area contributed by atoms with E-state index in [1.807, 2.05) is 30.3 Å². The molecule has 1 aromatic rings. The van der Waals surface area contributed by atoms with Crippen molar-refractivity contribution in [3.63, 3.8) is 0 Å². The van der Waals surface area contributed by atoms with Crippen LogP contribution in [0.2, 0.25) is 0 Å². The van der Waals surface area contributed by atoms with E-state index in [2.05, 4.69) is 5.32 Å². The smallest absolute Gasteiger partial charge is 0.158 e. The molecule has 1 heterocycles. The van der Waals surface area contributed by atoms with Crippen molar-refractivity contribution in [2.24, 2.45) is 0 Å². The van der Waals surface area contributed by atoms with E-state index in [1.54, 1.807) is 6.26 Å². The zero-order valence-corrected chi connectivity index (χ0v) is 7.90. The highest BCUT2D eigenvalue weighted by Crippen LogP contribution is 2.03. The SMILES string of the molecule is C1=C(COCc2ccccc2)NCO1. The van der Waals surface area contributed by atoms with Crippen LogP contribution in [0, 0.1) is 0 Å². The minimum Gasteiger partial charge on any atom is -0.479 e. The summed E-state index contributed by atoms with van der Waals surface area (Å²) in [6.07, 6.45) is 1.70. The van der Waals surface area contributed by atoms with Gasteiger partial charge >= 0.3 is 0 Å². The highest BCUT2D eigenvalue weighted by molar-refractivity contribution is 5.13. The van der Waals surface area contributed by atoms with Crippen LogP contribution in [0.3, 0.4) is 0 Å². The van der Waals surface area contributed by atoms with E-state index >= 15 is 0 Å². The second-order valence-corrected chi connectivity index (χ2v) is 3.11. The molecule has 1 N–H and O–H groups in total. The molecule has 0 unspecified atom stereocenters. The molecule has 0 atom stereocenters. The van der Waals surface area contributed by atoms with Gasteiger partial charge in [-0.1, -0.05) is 30.3 Å². The average molecular weight is 191 g/mol. The molecular weight excluding hydrogens is 178 g/mol. The lowest BCUT2D eigenvalue weighted by atomic mass is 10.2. The third kappa shape index (κ3) is 2.50. The molecule has 0 aliphatic carbocycles. The van der Waals surface area contributed by atoms with Crippen LogP contribution in [0.15, 0.2) is 42.3 Å². The van der Waals surface area contributed by atoms with Crippen LogP contribution in [0.25, 0.3) is 0 Å². The Bertz CT molecular complexity index is 308. The van der Waals surface area contributed by atoms with Crippen LogP contribution in [0.1, 0.15) is 5.56 Å². The summed E-state index contributed by atoms with van der Waals surface area (Å²) >= 11 is 0. The van der Waals surface area contributed by atoms with E-state index in [1.165, 1.54) is 5.56 Å². The summed E-state index contributed by atoms with van der Waals surface area (Å²) in [6.45, 7) is 1.78. The standard InChI is InChI=1S/C11H13NO2/c1-2-4-10(5-3-1)6-13-7-11-8-14-9-12-11/h1-5,8,12H,6-7,9H2. The van der Waals surface area contributed by atoms with E-state index in [0.717, 1.165) is 5.70 Å². The van der Waals surface area contributed by atoms with E-state index in [-0.39, 0.29) is 0 Å². The van der Waals surface area contributed by atoms with E-state index in [4.69, 9.17) is 9.47 Å².